The number of hydrogen-bond donors (Lipinski definition) is 0. The molecule has 0 aliphatic heterocycles. The van der Waals surface area contributed by atoms with Crippen LogP contribution in [0.5, 0.6) is 0 Å². The summed E-state index contributed by atoms with van der Waals surface area (Å²) in [6.07, 6.45) is 8.73. The Morgan fingerprint density at radius 1 is 1.12 bits per heavy atom. The van der Waals surface area contributed by atoms with Crippen LogP contribution in [-0.2, 0) is 0 Å². The number of aromatic nitrogens is 2. The van der Waals surface area contributed by atoms with Gasteiger partial charge in [-0.2, -0.15) is 0 Å². The Morgan fingerprint density at radius 3 is 2.68 bits per heavy atom. The Morgan fingerprint density at radius 2 is 1.96 bits per heavy atom. The first-order chi connectivity index (χ1) is 12.2. The number of nitrogens with zero attached hydrogens (tertiary/aromatic N) is 3. The van der Waals surface area contributed by atoms with E-state index in [2.05, 4.69) is 47.0 Å². The first-order valence-corrected chi connectivity index (χ1v) is 9.83. The first kappa shape index (κ1) is 16.3. The fourth-order valence-corrected chi connectivity index (χ4v) is 4.54. The van der Waals surface area contributed by atoms with Crippen LogP contribution < -0.4 is 4.80 Å². The number of benzene rings is 1. The number of aryl methyl sites for hydroxylation is 2. The van der Waals surface area contributed by atoms with Crippen molar-refractivity contribution in [3.05, 3.63) is 64.0 Å². The van der Waals surface area contributed by atoms with Crippen LogP contribution in [0.15, 0.2) is 53.1 Å². The Balaban J connectivity index is 1.87. The first-order valence-electron chi connectivity index (χ1n) is 8.95. The average Bonchev–Trinajstić information content (AvgIpc) is 3.28. The predicted octanol–water partition coefficient (Wildman–Crippen LogP) is 5.58. The largest absolute Gasteiger partial charge is 0.313 e. The molecule has 0 atom stereocenters. The van der Waals surface area contributed by atoms with Gasteiger partial charge in [-0.15, -0.1) is 11.3 Å². The molecular formula is C21H23N3S. The van der Waals surface area contributed by atoms with Gasteiger partial charge in [-0.1, -0.05) is 25.0 Å². The van der Waals surface area contributed by atoms with E-state index in [1.54, 1.807) is 17.5 Å². The van der Waals surface area contributed by atoms with E-state index in [4.69, 9.17) is 4.99 Å². The van der Waals surface area contributed by atoms with Crippen molar-refractivity contribution in [1.82, 2.24) is 9.55 Å². The number of thiazole rings is 1. The highest BCUT2D eigenvalue weighted by Gasteiger charge is 2.21. The van der Waals surface area contributed by atoms with Crippen molar-refractivity contribution < 1.29 is 0 Å². The molecule has 2 heterocycles. The van der Waals surface area contributed by atoms with Crippen molar-refractivity contribution in [2.45, 2.75) is 45.6 Å². The third-order valence-corrected chi connectivity index (χ3v) is 5.94. The zero-order valence-corrected chi connectivity index (χ0v) is 15.6. The molecule has 0 N–H and O–H groups in total. The van der Waals surface area contributed by atoms with E-state index in [9.17, 15) is 0 Å². The molecular weight excluding hydrogens is 326 g/mol. The summed E-state index contributed by atoms with van der Waals surface area (Å²) in [6, 6.07) is 11.3. The zero-order valence-electron chi connectivity index (χ0n) is 14.8. The van der Waals surface area contributed by atoms with Crippen molar-refractivity contribution in [3.63, 3.8) is 0 Å². The summed E-state index contributed by atoms with van der Waals surface area (Å²) >= 11 is 1.73. The van der Waals surface area contributed by atoms with E-state index in [0.717, 1.165) is 10.5 Å². The Labute approximate surface area is 152 Å². The lowest BCUT2D eigenvalue weighted by Crippen LogP contribution is -2.20. The predicted molar refractivity (Wildman–Crippen MR) is 104 cm³/mol. The van der Waals surface area contributed by atoms with E-state index < -0.39 is 0 Å². The minimum Gasteiger partial charge on any atom is -0.313 e. The van der Waals surface area contributed by atoms with E-state index in [0.29, 0.717) is 6.04 Å². The van der Waals surface area contributed by atoms with Crippen LogP contribution in [0.1, 0.15) is 42.9 Å². The van der Waals surface area contributed by atoms with Gasteiger partial charge in [-0.3, -0.25) is 4.98 Å². The van der Waals surface area contributed by atoms with Crippen molar-refractivity contribution in [1.29, 1.82) is 0 Å². The van der Waals surface area contributed by atoms with Crippen molar-refractivity contribution >= 4 is 17.0 Å². The Kier molecular flexibility index (Phi) is 4.53. The van der Waals surface area contributed by atoms with Gasteiger partial charge in [0, 0.05) is 17.6 Å². The molecule has 1 saturated carbocycles. The summed E-state index contributed by atoms with van der Waals surface area (Å²) in [5.74, 6) is 0. The Bertz CT molecular complexity index is 931. The van der Waals surface area contributed by atoms with Gasteiger partial charge in [-0.05, 0) is 61.6 Å². The summed E-state index contributed by atoms with van der Waals surface area (Å²) in [7, 11) is 0. The molecule has 2 aromatic heterocycles. The maximum absolute atomic E-state index is 4.89. The molecule has 128 valence electrons. The lowest BCUT2D eigenvalue weighted by atomic mass is 10.0. The topological polar surface area (TPSA) is 30.2 Å². The fraction of sp³-hybridized carbons (Fsp3) is 0.333. The van der Waals surface area contributed by atoms with Crippen LogP contribution in [0, 0.1) is 13.8 Å². The third kappa shape index (κ3) is 3.31. The molecule has 1 aliphatic carbocycles. The van der Waals surface area contributed by atoms with Gasteiger partial charge in [0.2, 0.25) is 0 Å². The lowest BCUT2D eigenvalue weighted by molar-refractivity contribution is 0.512. The van der Waals surface area contributed by atoms with Crippen molar-refractivity contribution in [2.24, 2.45) is 4.99 Å². The quantitative estimate of drug-likeness (QED) is 0.607. The third-order valence-electron chi connectivity index (χ3n) is 5.10. The molecule has 25 heavy (non-hydrogen) atoms. The Hall–Kier alpha value is -2.20. The van der Waals surface area contributed by atoms with Gasteiger partial charge in [0.05, 0.1) is 17.6 Å². The van der Waals surface area contributed by atoms with Crippen molar-refractivity contribution in [3.8, 4) is 11.3 Å². The molecule has 0 saturated heterocycles. The van der Waals surface area contributed by atoms with Gasteiger partial charge >= 0.3 is 0 Å². The van der Waals surface area contributed by atoms with Gasteiger partial charge in [0.25, 0.3) is 0 Å². The second kappa shape index (κ2) is 6.96. The summed E-state index contributed by atoms with van der Waals surface area (Å²) in [6.45, 7) is 4.35. The number of rotatable bonds is 3. The summed E-state index contributed by atoms with van der Waals surface area (Å²) in [5.41, 5.74) is 6.18. The summed E-state index contributed by atoms with van der Waals surface area (Å²) < 4.78 is 2.47. The molecule has 0 amide bonds. The minimum absolute atomic E-state index is 0.554. The highest BCUT2D eigenvalue weighted by atomic mass is 32.1. The van der Waals surface area contributed by atoms with Crippen LogP contribution in [0.2, 0.25) is 0 Å². The molecule has 3 aromatic rings. The lowest BCUT2D eigenvalue weighted by Gasteiger charge is -2.16. The number of hydrogen-bond acceptors (Lipinski definition) is 3. The summed E-state index contributed by atoms with van der Waals surface area (Å²) in [5, 5.41) is 2.26. The summed E-state index contributed by atoms with van der Waals surface area (Å²) in [4.78, 5) is 10.2. The molecule has 0 bridgehead atoms. The molecule has 3 nitrogen and oxygen atoms in total. The normalized spacial score (nSPS) is 15.8. The van der Waals surface area contributed by atoms with Gasteiger partial charge in [0.1, 0.15) is 0 Å². The van der Waals surface area contributed by atoms with Crippen LogP contribution in [0.25, 0.3) is 11.3 Å². The van der Waals surface area contributed by atoms with Crippen molar-refractivity contribution in [2.75, 3.05) is 0 Å². The maximum Gasteiger partial charge on any atom is 0.190 e. The second-order valence-corrected chi connectivity index (χ2v) is 7.67. The van der Waals surface area contributed by atoms with E-state index in [-0.39, 0.29) is 0 Å². The molecule has 1 aliphatic rings. The molecule has 0 unspecified atom stereocenters. The second-order valence-electron chi connectivity index (χ2n) is 6.83. The molecule has 1 aromatic carbocycles. The van der Waals surface area contributed by atoms with Gasteiger partial charge in [0.15, 0.2) is 4.80 Å². The van der Waals surface area contributed by atoms with Gasteiger partial charge < -0.3 is 4.57 Å². The SMILES string of the molecule is Cc1ccc(-c2csc(=Nc3cccnc3)n2C2CCCC2)cc1C. The highest BCUT2D eigenvalue weighted by molar-refractivity contribution is 7.07. The smallest absolute Gasteiger partial charge is 0.190 e. The average molecular weight is 350 g/mol. The standard InChI is InChI=1S/C21H23N3S/c1-15-9-10-17(12-16(15)2)20-14-25-21(23-18-6-5-11-22-13-18)24(20)19-7-3-4-8-19/h5-6,9-14,19H,3-4,7-8H2,1-2H3. The fourth-order valence-electron chi connectivity index (χ4n) is 3.56. The van der Waals surface area contributed by atoms with Gasteiger partial charge in [-0.25, -0.2) is 4.99 Å². The van der Waals surface area contributed by atoms with Crippen LogP contribution >= 0.6 is 11.3 Å². The maximum atomic E-state index is 4.89. The minimum atomic E-state index is 0.554. The van der Waals surface area contributed by atoms with Crippen LogP contribution in [0.4, 0.5) is 5.69 Å². The molecule has 4 rings (SSSR count). The highest BCUT2D eigenvalue weighted by Crippen LogP contribution is 2.34. The number of pyridine rings is 1. The monoisotopic (exact) mass is 349 g/mol. The molecule has 4 heteroatoms. The van der Waals surface area contributed by atoms with Crippen LogP contribution in [-0.4, -0.2) is 9.55 Å². The zero-order chi connectivity index (χ0) is 17.2. The molecule has 0 spiro atoms. The molecule has 1 fully saturated rings. The molecule has 0 radical (unpaired) electrons. The van der Waals surface area contributed by atoms with Crippen LogP contribution in [0.3, 0.4) is 0 Å². The van der Waals surface area contributed by atoms with E-state index >= 15 is 0 Å². The van der Waals surface area contributed by atoms with E-state index in [1.165, 1.54) is 48.1 Å². The van der Waals surface area contributed by atoms with E-state index in [1.807, 2.05) is 18.3 Å².